The summed E-state index contributed by atoms with van der Waals surface area (Å²) in [6, 6.07) is 4.65. The van der Waals surface area contributed by atoms with Crippen LogP contribution in [0.15, 0.2) is 12.1 Å². The molecule has 0 saturated carbocycles. The molecule has 0 aliphatic heterocycles. The molecular weight excluding hydrogens is 180 g/mol. The van der Waals surface area contributed by atoms with Crippen molar-refractivity contribution in [3.8, 4) is 0 Å². The number of benzene rings is 1. The molecule has 0 atom stereocenters. The molecule has 0 aliphatic carbocycles. The minimum absolute atomic E-state index is 0.246. The minimum Gasteiger partial charge on any atom is -0.0587 e. The van der Waals surface area contributed by atoms with Gasteiger partial charge in [-0.15, -0.1) is 0 Å². The number of rotatable bonds is 1. The van der Waals surface area contributed by atoms with Gasteiger partial charge in [0.1, 0.15) is 0 Å². The van der Waals surface area contributed by atoms with Crippen LogP contribution in [0.25, 0.3) is 0 Å². The lowest BCUT2D eigenvalue weighted by Gasteiger charge is -2.27. The maximum Gasteiger partial charge on any atom is -0.0129 e. The third-order valence-electron chi connectivity index (χ3n) is 2.92. The Kier molecular flexibility index (Phi) is 3.28. The van der Waals surface area contributed by atoms with E-state index in [9.17, 15) is 0 Å². The van der Waals surface area contributed by atoms with Gasteiger partial charge in [-0.3, -0.25) is 0 Å². The van der Waals surface area contributed by atoms with Gasteiger partial charge in [-0.05, 0) is 41.9 Å². The van der Waals surface area contributed by atoms with E-state index in [4.69, 9.17) is 0 Å². The molecule has 0 unspecified atom stereocenters. The van der Waals surface area contributed by atoms with Gasteiger partial charge in [0.2, 0.25) is 0 Å². The summed E-state index contributed by atoms with van der Waals surface area (Å²) in [7, 11) is 0. The van der Waals surface area contributed by atoms with Crippen molar-refractivity contribution in [2.45, 2.75) is 59.8 Å². The van der Waals surface area contributed by atoms with Crippen molar-refractivity contribution in [2.24, 2.45) is 0 Å². The summed E-state index contributed by atoms with van der Waals surface area (Å²) in [6.45, 7) is 15.9. The van der Waals surface area contributed by atoms with E-state index in [1.807, 2.05) is 0 Å². The van der Waals surface area contributed by atoms with E-state index in [-0.39, 0.29) is 5.41 Å². The summed E-state index contributed by atoms with van der Waals surface area (Å²) >= 11 is 0. The highest BCUT2D eigenvalue weighted by Crippen LogP contribution is 2.33. The maximum absolute atomic E-state index is 2.35. The summed E-state index contributed by atoms with van der Waals surface area (Å²) in [5.74, 6) is 0.611. The van der Waals surface area contributed by atoms with Gasteiger partial charge in [0.25, 0.3) is 0 Å². The predicted octanol–water partition coefficient (Wildman–Crippen LogP) is 4.72. The molecular formula is C15H24. The summed E-state index contributed by atoms with van der Waals surface area (Å²) in [5.41, 5.74) is 6.11. The number of hydrogen-bond donors (Lipinski definition) is 0. The first kappa shape index (κ1) is 12.3. The van der Waals surface area contributed by atoms with Crippen LogP contribution in [0, 0.1) is 13.8 Å². The highest BCUT2D eigenvalue weighted by Gasteiger charge is 2.21. The van der Waals surface area contributed by atoms with Gasteiger partial charge in [0.05, 0.1) is 0 Å². The highest BCUT2D eigenvalue weighted by atomic mass is 14.3. The van der Waals surface area contributed by atoms with Gasteiger partial charge in [0.15, 0.2) is 0 Å². The Morgan fingerprint density at radius 3 is 1.93 bits per heavy atom. The maximum atomic E-state index is 2.35. The molecule has 0 amide bonds. The molecule has 0 N–H and O–H groups in total. The van der Waals surface area contributed by atoms with Crippen molar-refractivity contribution in [2.75, 3.05) is 0 Å². The topological polar surface area (TPSA) is 0 Å². The Balaban J connectivity index is 3.47. The first-order valence-electron chi connectivity index (χ1n) is 5.85. The Morgan fingerprint density at radius 2 is 1.53 bits per heavy atom. The van der Waals surface area contributed by atoms with Crippen LogP contribution in [0.2, 0.25) is 0 Å². The zero-order chi connectivity index (χ0) is 11.8. The fourth-order valence-corrected chi connectivity index (χ4v) is 2.37. The van der Waals surface area contributed by atoms with Crippen molar-refractivity contribution >= 4 is 0 Å². The van der Waals surface area contributed by atoms with Crippen molar-refractivity contribution in [3.05, 3.63) is 34.4 Å². The van der Waals surface area contributed by atoms with Crippen molar-refractivity contribution < 1.29 is 0 Å². The molecule has 0 heteroatoms. The van der Waals surface area contributed by atoms with Crippen molar-refractivity contribution in [3.63, 3.8) is 0 Å². The first-order chi connectivity index (χ1) is 6.73. The van der Waals surface area contributed by atoms with Crippen LogP contribution in [0.3, 0.4) is 0 Å². The second-order valence-electron chi connectivity index (χ2n) is 5.95. The van der Waals surface area contributed by atoms with Gasteiger partial charge >= 0.3 is 0 Å². The van der Waals surface area contributed by atoms with Crippen molar-refractivity contribution in [1.82, 2.24) is 0 Å². The van der Waals surface area contributed by atoms with E-state index in [1.165, 1.54) is 22.3 Å². The lowest BCUT2D eigenvalue weighted by atomic mass is 9.78. The highest BCUT2D eigenvalue weighted by molar-refractivity contribution is 5.43. The SMILES string of the molecule is Cc1cc(C)c(C(C)C)c(C(C)(C)C)c1. The normalized spacial score (nSPS) is 12.3. The molecule has 0 nitrogen and oxygen atoms in total. The van der Waals surface area contributed by atoms with Gasteiger partial charge < -0.3 is 0 Å². The monoisotopic (exact) mass is 204 g/mol. The van der Waals surface area contributed by atoms with E-state index in [0.717, 1.165) is 0 Å². The molecule has 0 aliphatic rings. The molecule has 1 rings (SSSR count). The summed E-state index contributed by atoms with van der Waals surface area (Å²) in [6.07, 6.45) is 0. The van der Waals surface area contributed by atoms with Crippen LogP contribution in [0.4, 0.5) is 0 Å². The lowest BCUT2D eigenvalue weighted by molar-refractivity contribution is 0.575. The largest absolute Gasteiger partial charge is 0.0587 e. The molecule has 0 aromatic heterocycles. The van der Waals surface area contributed by atoms with Crippen molar-refractivity contribution in [1.29, 1.82) is 0 Å². The molecule has 0 fully saturated rings. The Hall–Kier alpha value is -0.780. The van der Waals surface area contributed by atoms with E-state index in [0.29, 0.717) is 5.92 Å². The molecule has 0 heterocycles. The Morgan fingerprint density at radius 1 is 1.00 bits per heavy atom. The van der Waals surface area contributed by atoms with E-state index in [1.54, 1.807) is 0 Å². The van der Waals surface area contributed by atoms with Crippen LogP contribution in [-0.2, 0) is 5.41 Å². The third kappa shape index (κ3) is 2.62. The van der Waals surface area contributed by atoms with E-state index >= 15 is 0 Å². The second kappa shape index (κ2) is 4.00. The average Bonchev–Trinajstić information content (AvgIpc) is 1.99. The molecule has 0 bridgehead atoms. The van der Waals surface area contributed by atoms with Gasteiger partial charge in [-0.25, -0.2) is 0 Å². The first-order valence-corrected chi connectivity index (χ1v) is 5.85. The quantitative estimate of drug-likeness (QED) is 0.620. The number of hydrogen-bond acceptors (Lipinski definition) is 0. The molecule has 0 spiro atoms. The van der Waals surface area contributed by atoms with E-state index < -0.39 is 0 Å². The molecule has 0 radical (unpaired) electrons. The summed E-state index contributed by atoms with van der Waals surface area (Å²) < 4.78 is 0. The van der Waals surface area contributed by atoms with Gasteiger partial charge in [-0.1, -0.05) is 52.3 Å². The molecule has 1 aromatic carbocycles. The summed E-state index contributed by atoms with van der Waals surface area (Å²) in [4.78, 5) is 0. The molecule has 15 heavy (non-hydrogen) atoms. The third-order valence-corrected chi connectivity index (χ3v) is 2.92. The smallest absolute Gasteiger partial charge is 0.0129 e. The van der Waals surface area contributed by atoms with E-state index in [2.05, 4.69) is 60.6 Å². The van der Waals surface area contributed by atoms with Crippen LogP contribution < -0.4 is 0 Å². The van der Waals surface area contributed by atoms with Gasteiger partial charge in [-0.2, -0.15) is 0 Å². The average molecular weight is 204 g/mol. The zero-order valence-electron chi connectivity index (χ0n) is 11.2. The van der Waals surface area contributed by atoms with Crippen LogP contribution in [-0.4, -0.2) is 0 Å². The minimum atomic E-state index is 0.246. The molecule has 84 valence electrons. The van der Waals surface area contributed by atoms with Gasteiger partial charge in [0, 0.05) is 0 Å². The van der Waals surface area contributed by atoms with Crippen LogP contribution in [0.5, 0.6) is 0 Å². The standard InChI is InChI=1S/C15H24/c1-10(2)14-12(4)8-11(3)9-13(14)15(5,6)7/h8-10H,1-7H3. The van der Waals surface area contributed by atoms with Crippen LogP contribution >= 0.6 is 0 Å². The second-order valence-corrected chi connectivity index (χ2v) is 5.95. The summed E-state index contributed by atoms with van der Waals surface area (Å²) in [5, 5.41) is 0. The fourth-order valence-electron chi connectivity index (χ4n) is 2.37. The Labute approximate surface area is 94.7 Å². The Bertz CT molecular complexity index is 351. The fraction of sp³-hybridized carbons (Fsp3) is 0.600. The lowest BCUT2D eigenvalue weighted by Crippen LogP contribution is -2.16. The zero-order valence-corrected chi connectivity index (χ0v) is 11.2. The molecule has 1 aromatic rings. The van der Waals surface area contributed by atoms with Crippen LogP contribution in [0.1, 0.15) is 62.8 Å². The predicted molar refractivity (Wildman–Crippen MR) is 68.7 cm³/mol. The number of aryl methyl sites for hydroxylation is 2. The molecule has 0 saturated heterocycles.